The summed E-state index contributed by atoms with van der Waals surface area (Å²) in [6, 6.07) is 8.18. The fraction of sp³-hybridized carbons (Fsp3) is 0.500. The molecule has 1 heterocycles. The molecule has 0 aromatic heterocycles. The average Bonchev–Trinajstić information content (AvgIpc) is 2.36. The van der Waals surface area contributed by atoms with Crippen molar-refractivity contribution in [3.8, 4) is 0 Å². The van der Waals surface area contributed by atoms with Gasteiger partial charge in [-0.25, -0.2) is 0 Å². The molecule has 0 radical (unpaired) electrons. The van der Waals surface area contributed by atoms with Crippen LogP contribution in [-0.4, -0.2) is 5.66 Å². The Hall–Kier alpha value is -1.18. The van der Waals surface area contributed by atoms with Gasteiger partial charge in [0.2, 0.25) is 0 Å². The van der Waals surface area contributed by atoms with E-state index in [9.17, 15) is 0 Å². The fourth-order valence-electron chi connectivity index (χ4n) is 2.30. The predicted molar refractivity (Wildman–Crippen MR) is 54.5 cm³/mol. The lowest BCUT2D eigenvalue weighted by atomic mass is 9.77. The van der Waals surface area contributed by atoms with Gasteiger partial charge in [0.25, 0.3) is 0 Å². The molecule has 1 fully saturated rings. The molecule has 14 heavy (non-hydrogen) atoms. The summed E-state index contributed by atoms with van der Waals surface area (Å²) in [5, 5.41) is 2.14. The molecule has 0 amide bonds. The van der Waals surface area contributed by atoms with Gasteiger partial charge < -0.3 is 0 Å². The molecule has 1 aliphatic carbocycles. The van der Waals surface area contributed by atoms with Crippen LogP contribution in [0.25, 0.3) is 0 Å². The molecule has 2 heteroatoms. The number of para-hydroxylation sites is 2. The van der Waals surface area contributed by atoms with E-state index < -0.39 is 0 Å². The third kappa shape index (κ3) is 1.03. The summed E-state index contributed by atoms with van der Waals surface area (Å²) in [5.41, 5.74) is -0.151. The van der Waals surface area contributed by atoms with Crippen molar-refractivity contribution < 1.29 is 0 Å². The highest BCUT2D eigenvalue weighted by molar-refractivity contribution is 5.08. The zero-order valence-electron chi connectivity index (χ0n) is 8.40. The maximum atomic E-state index is 4.74. The average molecular weight is 186 g/mol. The number of rotatable bonds is 1. The van der Waals surface area contributed by atoms with E-state index in [1.54, 1.807) is 0 Å². The Morgan fingerprint density at radius 1 is 1.14 bits per heavy atom. The van der Waals surface area contributed by atoms with E-state index in [2.05, 4.69) is 19.1 Å². The SMILES string of the molecule is CC1(C2CCC2)N=c2ccccc2=N1. The van der Waals surface area contributed by atoms with Crippen molar-refractivity contribution in [2.45, 2.75) is 31.8 Å². The zero-order valence-corrected chi connectivity index (χ0v) is 8.40. The lowest BCUT2D eigenvalue weighted by Gasteiger charge is -2.35. The van der Waals surface area contributed by atoms with Crippen LogP contribution in [-0.2, 0) is 0 Å². The van der Waals surface area contributed by atoms with Crippen molar-refractivity contribution in [1.29, 1.82) is 0 Å². The maximum absolute atomic E-state index is 4.74. The zero-order chi connectivity index (χ0) is 9.60. The molecule has 0 bridgehead atoms. The molecule has 0 spiro atoms. The molecule has 0 unspecified atom stereocenters. The summed E-state index contributed by atoms with van der Waals surface area (Å²) >= 11 is 0. The maximum Gasteiger partial charge on any atom is 0.151 e. The Morgan fingerprint density at radius 3 is 2.14 bits per heavy atom. The van der Waals surface area contributed by atoms with Crippen LogP contribution in [0.3, 0.4) is 0 Å². The Balaban J connectivity index is 2.12. The molecular weight excluding hydrogens is 172 g/mol. The topological polar surface area (TPSA) is 24.7 Å². The third-order valence-electron chi connectivity index (χ3n) is 3.45. The van der Waals surface area contributed by atoms with E-state index in [0.717, 1.165) is 10.7 Å². The molecule has 2 aliphatic rings. The number of nitrogens with zero attached hydrogens (tertiary/aromatic N) is 2. The summed E-state index contributed by atoms with van der Waals surface area (Å²) < 4.78 is 0. The normalized spacial score (nSPS) is 23.2. The van der Waals surface area contributed by atoms with Gasteiger partial charge in [-0.2, -0.15) is 0 Å². The van der Waals surface area contributed by atoms with Gasteiger partial charge in [0.05, 0.1) is 10.7 Å². The van der Waals surface area contributed by atoms with Crippen LogP contribution in [0.5, 0.6) is 0 Å². The van der Waals surface area contributed by atoms with Crippen LogP contribution in [0.4, 0.5) is 0 Å². The molecular formula is C12H14N2. The molecule has 0 N–H and O–H groups in total. The Kier molecular flexibility index (Phi) is 1.55. The standard InChI is InChI=1S/C12H14N2/c1-12(9-5-4-6-9)13-10-7-2-3-8-11(10)14-12/h2-3,7-9H,4-6H2,1H3. The molecule has 0 atom stereocenters. The van der Waals surface area contributed by atoms with E-state index in [1.165, 1.54) is 19.3 Å². The quantitative estimate of drug-likeness (QED) is 0.634. The largest absolute Gasteiger partial charge is 0.253 e. The summed E-state index contributed by atoms with van der Waals surface area (Å²) in [7, 11) is 0. The second-order valence-corrected chi connectivity index (χ2v) is 4.43. The van der Waals surface area contributed by atoms with Crippen LogP contribution < -0.4 is 10.7 Å². The van der Waals surface area contributed by atoms with Gasteiger partial charge >= 0.3 is 0 Å². The number of hydrogen-bond donors (Lipinski definition) is 0. The van der Waals surface area contributed by atoms with Crippen LogP contribution in [0.1, 0.15) is 26.2 Å². The van der Waals surface area contributed by atoms with Gasteiger partial charge in [0.1, 0.15) is 0 Å². The Bertz CT molecular complexity index is 436. The number of fused-ring (bicyclic) bond motifs is 1. The van der Waals surface area contributed by atoms with Crippen LogP contribution in [0.15, 0.2) is 34.3 Å². The minimum absolute atomic E-state index is 0.151. The fourth-order valence-corrected chi connectivity index (χ4v) is 2.30. The van der Waals surface area contributed by atoms with Gasteiger partial charge in [-0.15, -0.1) is 0 Å². The minimum Gasteiger partial charge on any atom is -0.253 e. The van der Waals surface area contributed by atoms with Gasteiger partial charge in [-0.3, -0.25) is 9.98 Å². The van der Waals surface area contributed by atoms with Gasteiger partial charge in [0.15, 0.2) is 5.66 Å². The van der Waals surface area contributed by atoms with Crippen LogP contribution >= 0.6 is 0 Å². The molecule has 1 aromatic rings. The summed E-state index contributed by atoms with van der Waals surface area (Å²) in [4.78, 5) is 9.48. The van der Waals surface area contributed by atoms with Crippen molar-refractivity contribution in [3.63, 3.8) is 0 Å². The molecule has 3 rings (SSSR count). The predicted octanol–water partition coefficient (Wildman–Crippen LogP) is 1.46. The van der Waals surface area contributed by atoms with E-state index in [0.29, 0.717) is 5.92 Å². The Labute approximate surface area is 83.4 Å². The van der Waals surface area contributed by atoms with Crippen LogP contribution in [0, 0.1) is 5.92 Å². The highest BCUT2D eigenvalue weighted by Gasteiger charge is 2.38. The summed E-state index contributed by atoms with van der Waals surface area (Å²) in [6.45, 7) is 2.16. The van der Waals surface area contributed by atoms with Gasteiger partial charge in [-0.05, 0) is 31.9 Å². The van der Waals surface area contributed by atoms with E-state index in [1.807, 2.05) is 12.1 Å². The van der Waals surface area contributed by atoms with E-state index in [4.69, 9.17) is 9.98 Å². The first kappa shape index (κ1) is 8.16. The highest BCUT2D eigenvalue weighted by Crippen LogP contribution is 2.39. The first-order valence-electron chi connectivity index (χ1n) is 5.33. The Morgan fingerprint density at radius 2 is 1.71 bits per heavy atom. The molecule has 72 valence electrons. The van der Waals surface area contributed by atoms with Crippen molar-refractivity contribution in [1.82, 2.24) is 0 Å². The molecule has 0 saturated heterocycles. The lowest BCUT2D eigenvalue weighted by molar-refractivity contribution is 0.190. The van der Waals surface area contributed by atoms with Gasteiger partial charge in [0, 0.05) is 5.92 Å². The number of hydrogen-bond acceptors (Lipinski definition) is 2. The first-order chi connectivity index (χ1) is 6.78. The molecule has 2 nitrogen and oxygen atoms in total. The summed E-state index contributed by atoms with van der Waals surface area (Å²) in [6.07, 6.45) is 3.93. The summed E-state index contributed by atoms with van der Waals surface area (Å²) in [5.74, 6) is 0.676. The first-order valence-corrected chi connectivity index (χ1v) is 5.33. The second kappa shape index (κ2) is 2.66. The van der Waals surface area contributed by atoms with Crippen molar-refractivity contribution in [2.75, 3.05) is 0 Å². The van der Waals surface area contributed by atoms with Crippen LogP contribution in [0.2, 0.25) is 0 Å². The van der Waals surface area contributed by atoms with Crippen molar-refractivity contribution >= 4 is 0 Å². The van der Waals surface area contributed by atoms with E-state index >= 15 is 0 Å². The monoisotopic (exact) mass is 186 g/mol. The van der Waals surface area contributed by atoms with Crippen molar-refractivity contribution in [3.05, 3.63) is 35.0 Å². The smallest absolute Gasteiger partial charge is 0.151 e. The van der Waals surface area contributed by atoms with Crippen molar-refractivity contribution in [2.24, 2.45) is 15.9 Å². The molecule has 1 aromatic carbocycles. The number of benzene rings is 1. The second-order valence-electron chi connectivity index (χ2n) is 4.43. The third-order valence-corrected chi connectivity index (χ3v) is 3.45. The highest BCUT2D eigenvalue weighted by atomic mass is 15.1. The molecule has 1 saturated carbocycles. The van der Waals surface area contributed by atoms with Gasteiger partial charge in [-0.1, -0.05) is 18.6 Å². The minimum atomic E-state index is -0.151. The lowest BCUT2D eigenvalue weighted by Crippen LogP contribution is -2.34. The van der Waals surface area contributed by atoms with E-state index in [-0.39, 0.29) is 5.66 Å². The molecule has 1 aliphatic heterocycles.